The van der Waals surface area contributed by atoms with Crippen LogP contribution in [0.2, 0.25) is 0 Å². The molecule has 0 aliphatic rings. The lowest BCUT2D eigenvalue weighted by Crippen LogP contribution is -2.32. The SMILES string of the molecule is CCCCCCC(=O)N(CCCC(C)Nc1cc(OC)cc2cccnc12)Cc1ccccc1OC. The fourth-order valence-electron chi connectivity index (χ4n) is 4.51. The monoisotopic (exact) mass is 491 g/mol. The van der Waals surface area contributed by atoms with Crippen LogP contribution in [-0.4, -0.2) is 42.6 Å². The molecule has 3 rings (SSSR count). The average molecular weight is 492 g/mol. The highest BCUT2D eigenvalue weighted by molar-refractivity contribution is 5.91. The summed E-state index contributed by atoms with van der Waals surface area (Å²) in [5.74, 6) is 1.86. The minimum absolute atomic E-state index is 0.218. The number of hydrogen-bond acceptors (Lipinski definition) is 5. The molecule has 3 aromatic rings. The van der Waals surface area contributed by atoms with Crippen molar-refractivity contribution in [1.29, 1.82) is 0 Å². The molecule has 1 heterocycles. The highest BCUT2D eigenvalue weighted by Gasteiger charge is 2.17. The number of nitrogens with zero attached hydrogens (tertiary/aromatic N) is 2. The molecule has 1 N–H and O–H groups in total. The highest BCUT2D eigenvalue weighted by atomic mass is 16.5. The number of aromatic nitrogens is 1. The molecular weight excluding hydrogens is 450 g/mol. The van der Waals surface area contributed by atoms with E-state index in [0.717, 1.165) is 59.3 Å². The van der Waals surface area contributed by atoms with E-state index in [1.807, 2.05) is 59.6 Å². The number of methoxy groups -OCH3 is 2. The molecule has 1 unspecified atom stereocenters. The Morgan fingerprint density at radius 1 is 1.03 bits per heavy atom. The molecule has 0 spiro atoms. The summed E-state index contributed by atoms with van der Waals surface area (Å²) in [6.45, 7) is 5.65. The topological polar surface area (TPSA) is 63.7 Å². The van der Waals surface area contributed by atoms with Gasteiger partial charge in [-0.2, -0.15) is 0 Å². The molecule has 2 aromatic carbocycles. The second kappa shape index (κ2) is 14.3. The first-order valence-corrected chi connectivity index (χ1v) is 13.1. The number of fused-ring (bicyclic) bond motifs is 1. The lowest BCUT2D eigenvalue weighted by Gasteiger charge is -2.25. The highest BCUT2D eigenvalue weighted by Crippen LogP contribution is 2.28. The third kappa shape index (κ3) is 7.87. The molecule has 36 heavy (non-hydrogen) atoms. The second-order valence-electron chi connectivity index (χ2n) is 9.38. The predicted molar refractivity (Wildman–Crippen MR) is 148 cm³/mol. The minimum atomic E-state index is 0.218. The quantitative estimate of drug-likeness (QED) is 0.236. The van der Waals surface area contributed by atoms with E-state index >= 15 is 0 Å². The molecular formula is C30H41N3O3. The van der Waals surface area contributed by atoms with Crippen LogP contribution < -0.4 is 14.8 Å². The predicted octanol–water partition coefficient (Wildman–Crippen LogP) is 6.83. The first kappa shape index (κ1) is 27.3. The van der Waals surface area contributed by atoms with Crippen LogP contribution in [-0.2, 0) is 11.3 Å². The van der Waals surface area contributed by atoms with Gasteiger partial charge in [0.05, 0.1) is 25.4 Å². The molecule has 0 aliphatic carbocycles. The Morgan fingerprint density at radius 3 is 2.64 bits per heavy atom. The van der Waals surface area contributed by atoms with Gasteiger partial charge in [-0.05, 0) is 44.4 Å². The number of amides is 1. The number of rotatable bonds is 15. The zero-order chi connectivity index (χ0) is 25.8. The van der Waals surface area contributed by atoms with Gasteiger partial charge in [0.1, 0.15) is 11.5 Å². The second-order valence-corrected chi connectivity index (χ2v) is 9.38. The lowest BCUT2D eigenvalue weighted by molar-refractivity contribution is -0.132. The Morgan fingerprint density at radius 2 is 1.86 bits per heavy atom. The van der Waals surface area contributed by atoms with Crippen molar-refractivity contribution in [3.05, 3.63) is 60.3 Å². The smallest absolute Gasteiger partial charge is 0.222 e. The number of benzene rings is 2. The molecule has 6 nitrogen and oxygen atoms in total. The van der Waals surface area contributed by atoms with Crippen molar-refractivity contribution in [2.24, 2.45) is 0 Å². The van der Waals surface area contributed by atoms with Gasteiger partial charge in [-0.1, -0.05) is 50.5 Å². The number of para-hydroxylation sites is 1. The normalized spacial score (nSPS) is 11.8. The molecule has 0 saturated carbocycles. The van der Waals surface area contributed by atoms with Gasteiger partial charge >= 0.3 is 0 Å². The fraction of sp³-hybridized carbons (Fsp3) is 0.467. The van der Waals surface area contributed by atoms with Gasteiger partial charge in [0.2, 0.25) is 5.91 Å². The van der Waals surface area contributed by atoms with Crippen molar-refractivity contribution in [2.75, 3.05) is 26.1 Å². The standard InChI is InChI=1S/C30H41N3O3/c1-5-6-7-8-17-29(34)33(22-25-14-9-10-16-28(25)36-4)19-12-13-23(2)32-27-21-26(35-3)20-24-15-11-18-31-30(24)27/h9-11,14-16,18,20-21,23,32H,5-8,12-13,17,19,22H2,1-4H3. The molecule has 0 radical (unpaired) electrons. The molecule has 1 atom stereocenters. The summed E-state index contributed by atoms with van der Waals surface area (Å²) in [7, 11) is 3.36. The third-order valence-electron chi connectivity index (χ3n) is 6.53. The maximum Gasteiger partial charge on any atom is 0.222 e. The van der Waals surface area contributed by atoms with Gasteiger partial charge in [-0.25, -0.2) is 0 Å². The molecule has 0 fully saturated rings. The Bertz CT molecular complexity index is 1100. The number of nitrogens with one attached hydrogen (secondary N) is 1. The number of carbonyl (C=O) groups excluding carboxylic acids is 1. The molecule has 1 aromatic heterocycles. The van der Waals surface area contributed by atoms with Crippen molar-refractivity contribution in [2.45, 2.75) is 71.4 Å². The molecule has 1 amide bonds. The van der Waals surface area contributed by atoms with Crippen molar-refractivity contribution < 1.29 is 14.3 Å². The summed E-state index contributed by atoms with van der Waals surface area (Å²) in [4.78, 5) is 19.7. The number of carbonyl (C=O) groups is 1. The van der Waals surface area contributed by atoms with Gasteiger partial charge < -0.3 is 19.7 Å². The van der Waals surface area contributed by atoms with Crippen molar-refractivity contribution in [3.63, 3.8) is 0 Å². The Labute approximate surface area is 216 Å². The van der Waals surface area contributed by atoms with E-state index in [1.54, 1.807) is 14.2 Å². The zero-order valence-electron chi connectivity index (χ0n) is 22.3. The molecule has 6 heteroatoms. The van der Waals surface area contributed by atoms with Crippen molar-refractivity contribution in [1.82, 2.24) is 9.88 Å². The summed E-state index contributed by atoms with van der Waals surface area (Å²) in [5.41, 5.74) is 2.95. The van der Waals surface area contributed by atoms with E-state index in [0.29, 0.717) is 19.5 Å². The van der Waals surface area contributed by atoms with E-state index in [2.05, 4.69) is 24.1 Å². The Kier molecular flexibility index (Phi) is 10.9. The van der Waals surface area contributed by atoms with Crippen molar-refractivity contribution >= 4 is 22.5 Å². The lowest BCUT2D eigenvalue weighted by atomic mass is 10.1. The summed E-state index contributed by atoms with van der Waals surface area (Å²) < 4.78 is 11.0. The molecule has 0 aliphatic heterocycles. The van der Waals surface area contributed by atoms with Crippen LogP contribution in [0.5, 0.6) is 11.5 Å². The van der Waals surface area contributed by atoms with Crippen LogP contribution in [0.4, 0.5) is 5.69 Å². The summed E-state index contributed by atoms with van der Waals surface area (Å²) >= 11 is 0. The maximum absolute atomic E-state index is 13.1. The minimum Gasteiger partial charge on any atom is -0.497 e. The van der Waals surface area contributed by atoms with Gasteiger partial charge in [-0.15, -0.1) is 0 Å². The molecule has 0 bridgehead atoms. The fourth-order valence-corrected chi connectivity index (χ4v) is 4.51. The van der Waals surface area contributed by atoms with Crippen LogP contribution in [0.25, 0.3) is 10.9 Å². The third-order valence-corrected chi connectivity index (χ3v) is 6.53. The van der Waals surface area contributed by atoms with Crippen LogP contribution >= 0.6 is 0 Å². The largest absolute Gasteiger partial charge is 0.497 e. The Hall–Kier alpha value is -3.28. The van der Waals surface area contributed by atoms with Gasteiger partial charge in [-0.3, -0.25) is 9.78 Å². The van der Waals surface area contributed by atoms with E-state index in [4.69, 9.17) is 9.47 Å². The Balaban J connectivity index is 1.63. The van der Waals surface area contributed by atoms with Crippen LogP contribution in [0.3, 0.4) is 0 Å². The molecule has 0 saturated heterocycles. The van der Waals surface area contributed by atoms with Gasteiger partial charge in [0.15, 0.2) is 0 Å². The number of unbranched alkanes of at least 4 members (excludes halogenated alkanes) is 3. The van der Waals surface area contributed by atoms with Crippen LogP contribution in [0.1, 0.15) is 64.4 Å². The van der Waals surface area contributed by atoms with E-state index < -0.39 is 0 Å². The van der Waals surface area contributed by atoms with Gasteiger partial charge in [0.25, 0.3) is 0 Å². The van der Waals surface area contributed by atoms with Crippen LogP contribution in [0.15, 0.2) is 54.7 Å². The van der Waals surface area contributed by atoms with E-state index in [1.165, 1.54) is 12.8 Å². The van der Waals surface area contributed by atoms with E-state index in [-0.39, 0.29) is 11.9 Å². The maximum atomic E-state index is 13.1. The van der Waals surface area contributed by atoms with Crippen molar-refractivity contribution in [3.8, 4) is 11.5 Å². The number of ether oxygens (including phenoxy) is 2. The van der Waals surface area contributed by atoms with Crippen LogP contribution in [0, 0.1) is 0 Å². The summed E-state index contributed by atoms with van der Waals surface area (Å²) in [5, 5.41) is 4.66. The number of anilines is 1. The van der Waals surface area contributed by atoms with E-state index in [9.17, 15) is 4.79 Å². The number of hydrogen-bond donors (Lipinski definition) is 1. The first-order chi connectivity index (χ1) is 17.5. The summed E-state index contributed by atoms with van der Waals surface area (Å²) in [6, 6.07) is 16.2. The summed E-state index contributed by atoms with van der Waals surface area (Å²) in [6.07, 6.45) is 8.64. The first-order valence-electron chi connectivity index (χ1n) is 13.1. The molecule has 194 valence electrons. The zero-order valence-corrected chi connectivity index (χ0v) is 22.3. The average Bonchev–Trinajstić information content (AvgIpc) is 2.90. The number of pyridine rings is 1. The van der Waals surface area contributed by atoms with Gasteiger partial charge in [0, 0.05) is 48.8 Å².